The van der Waals surface area contributed by atoms with Crippen molar-refractivity contribution in [3.8, 4) is 11.5 Å². The smallest absolute Gasteiger partial charge is 0.174 e. The summed E-state index contributed by atoms with van der Waals surface area (Å²) in [5.74, 6) is 1.62. The third-order valence-corrected chi connectivity index (χ3v) is 5.97. The molecule has 0 atom stereocenters. The first kappa shape index (κ1) is 24.6. The standard InChI is InChI=1S/C28H34N2O2S/c1-20-7-16-25(26(17-20)32-6)29-27(33)30(19-22-10-14-24(31-5)15-11-22)18-21-8-12-23(13-9-21)28(2,3)4/h7-17H,18-19H2,1-6H3,(H,29,33). The Kier molecular flexibility index (Phi) is 7.98. The molecule has 0 aliphatic heterocycles. The number of nitrogens with one attached hydrogen (secondary N) is 1. The van der Waals surface area contributed by atoms with E-state index in [2.05, 4.69) is 67.4 Å². The highest BCUT2D eigenvalue weighted by molar-refractivity contribution is 7.80. The van der Waals surface area contributed by atoms with Gasteiger partial charge in [0.1, 0.15) is 11.5 Å². The number of ether oxygens (including phenoxy) is 2. The van der Waals surface area contributed by atoms with Gasteiger partial charge in [0, 0.05) is 13.1 Å². The number of benzene rings is 3. The molecule has 0 heterocycles. The molecule has 33 heavy (non-hydrogen) atoms. The minimum atomic E-state index is 0.125. The molecule has 3 rings (SSSR count). The van der Waals surface area contributed by atoms with E-state index in [-0.39, 0.29) is 5.41 Å². The Morgan fingerprint density at radius 1 is 0.848 bits per heavy atom. The van der Waals surface area contributed by atoms with Crippen LogP contribution in [0.4, 0.5) is 5.69 Å². The van der Waals surface area contributed by atoms with E-state index < -0.39 is 0 Å². The number of anilines is 1. The summed E-state index contributed by atoms with van der Waals surface area (Å²) in [5, 5.41) is 4.04. The lowest BCUT2D eigenvalue weighted by Gasteiger charge is -2.27. The average Bonchev–Trinajstić information content (AvgIpc) is 2.80. The van der Waals surface area contributed by atoms with Gasteiger partial charge in [0.15, 0.2) is 5.11 Å². The molecule has 0 unspecified atom stereocenters. The van der Waals surface area contributed by atoms with Crippen molar-refractivity contribution in [2.75, 3.05) is 19.5 Å². The van der Waals surface area contributed by atoms with Crippen LogP contribution in [-0.4, -0.2) is 24.2 Å². The van der Waals surface area contributed by atoms with Gasteiger partial charge >= 0.3 is 0 Å². The van der Waals surface area contributed by atoms with Crippen LogP contribution >= 0.6 is 12.2 Å². The normalized spacial score (nSPS) is 11.1. The van der Waals surface area contributed by atoms with Crippen molar-refractivity contribution in [2.24, 2.45) is 0 Å². The van der Waals surface area contributed by atoms with Gasteiger partial charge in [-0.3, -0.25) is 0 Å². The second-order valence-corrected chi connectivity index (χ2v) is 9.67. The summed E-state index contributed by atoms with van der Waals surface area (Å²) < 4.78 is 10.9. The third kappa shape index (κ3) is 6.72. The molecule has 4 nitrogen and oxygen atoms in total. The Labute approximate surface area is 203 Å². The number of aryl methyl sites for hydroxylation is 1. The van der Waals surface area contributed by atoms with Crippen LogP contribution < -0.4 is 14.8 Å². The Balaban J connectivity index is 1.84. The predicted molar refractivity (Wildman–Crippen MR) is 141 cm³/mol. The fourth-order valence-corrected chi connectivity index (χ4v) is 3.82. The number of hydrogen-bond acceptors (Lipinski definition) is 3. The molecule has 3 aromatic carbocycles. The fraction of sp³-hybridized carbons (Fsp3) is 0.321. The molecule has 0 fully saturated rings. The molecule has 0 aliphatic carbocycles. The van der Waals surface area contributed by atoms with Gasteiger partial charge in [0.05, 0.1) is 19.9 Å². The summed E-state index contributed by atoms with van der Waals surface area (Å²) >= 11 is 5.86. The van der Waals surface area contributed by atoms with Crippen LogP contribution in [0, 0.1) is 6.92 Å². The van der Waals surface area contributed by atoms with Gasteiger partial charge < -0.3 is 19.7 Å². The van der Waals surface area contributed by atoms with Gasteiger partial charge in [0.25, 0.3) is 0 Å². The van der Waals surface area contributed by atoms with Gasteiger partial charge in [-0.1, -0.05) is 63.2 Å². The van der Waals surface area contributed by atoms with Gasteiger partial charge in [-0.2, -0.15) is 0 Å². The van der Waals surface area contributed by atoms with Crippen LogP contribution in [0.25, 0.3) is 0 Å². The second kappa shape index (κ2) is 10.7. The topological polar surface area (TPSA) is 33.7 Å². The Morgan fingerprint density at radius 2 is 1.42 bits per heavy atom. The molecule has 5 heteroatoms. The molecule has 0 amide bonds. The van der Waals surface area contributed by atoms with Crippen molar-refractivity contribution in [1.82, 2.24) is 4.90 Å². The zero-order chi connectivity index (χ0) is 24.0. The maximum atomic E-state index is 5.86. The van der Waals surface area contributed by atoms with Gasteiger partial charge in [-0.25, -0.2) is 0 Å². The lowest BCUT2D eigenvalue weighted by atomic mass is 9.87. The predicted octanol–water partition coefficient (Wildman–Crippen LogP) is 6.71. The zero-order valence-electron chi connectivity index (χ0n) is 20.4. The van der Waals surface area contributed by atoms with Crippen molar-refractivity contribution < 1.29 is 9.47 Å². The molecule has 0 aromatic heterocycles. The maximum Gasteiger partial charge on any atom is 0.174 e. The van der Waals surface area contributed by atoms with E-state index in [1.807, 2.05) is 37.3 Å². The van der Waals surface area contributed by atoms with Gasteiger partial charge in [-0.05, 0) is 71.1 Å². The first-order chi connectivity index (χ1) is 15.7. The summed E-state index contributed by atoms with van der Waals surface area (Å²) in [6.07, 6.45) is 0. The molecule has 0 aliphatic rings. The highest BCUT2D eigenvalue weighted by Gasteiger charge is 2.16. The first-order valence-electron chi connectivity index (χ1n) is 11.1. The lowest BCUT2D eigenvalue weighted by molar-refractivity contribution is 0.405. The van der Waals surface area contributed by atoms with Crippen molar-refractivity contribution in [2.45, 2.75) is 46.2 Å². The number of nitrogens with zero attached hydrogens (tertiary/aromatic N) is 1. The third-order valence-electron chi connectivity index (χ3n) is 5.61. The van der Waals surface area contributed by atoms with Crippen molar-refractivity contribution in [1.29, 1.82) is 0 Å². The van der Waals surface area contributed by atoms with E-state index in [9.17, 15) is 0 Å². The maximum absolute atomic E-state index is 5.86. The molecule has 174 valence electrons. The van der Waals surface area contributed by atoms with Crippen LogP contribution in [0.15, 0.2) is 66.7 Å². The Bertz CT molecular complexity index is 1070. The Hall–Kier alpha value is -3.05. The molecule has 0 saturated carbocycles. The second-order valence-electron chi connectivity index (χ2n) is 9.28. The lowest BCUT2D eigenvalue weighted by Crippen LogP contribution is -2.34. The van der Waals surface area contributed by atoms with E-state index in [0.29, 0.717) is 18.2 Å². The minimum Gasteiger partial charge on any atom is -0.497 e. The summed E-state index contributed by atoms with van der Waals surface area (Å²) in [4.78, 5) is 2.17. The summed E-state index contributed by atoms with van der Waals surface area (Å²) in [6, 6.07) is 23.0. The van der Waals surface area contributed by atoms with Crippen LogP contribution in [0.1, 0.15) is 43.0 Å². The van der Waals surface area contributed by atoms with Crippen molar-refractivity contribution in [3.05, 3.63) is 89.0 Å². The SMILES string of the molecule is COc1ccc(CN(Cc2ccc(C(C)(C)C)cc2)C(=S)Nc2ccc(C)cc2OC)cc1. The van der Waals surface area contributed by atoms with Crippen LogP contribution in [0.2, 0.25) is 0 Å². The molecule has 0 radical (unpaired) electrons. The van der Waals surface area contributed by atoms with E-state index in [1.165, 1.54) is 11.1 Å². The minimum absolute atomic E-state index is 0.125. The summed E-state index contributed by atoms with van der Waals surface area (Å²) in [6.45, 7) is 10.1. The molecular weight excluding hydrogens is 428 g/mol. The average molecular weight is 463 g/mol. The summed E-state index contributed by atoms with van der Waals surface area (Å²) in [5.41, 5.74) is 5.80. The first-order valence-corrected chi connectivity index (χ1v) is 11.5. The van der Waals surface area contributed by atoms with E-state index in [1.54, 1.807) is 14.2 Å². The van der Waals surface area contributed by atoms with Crippen LogP contribution in [0.5, 0.6) is 11.5 Å². The monoisotopic (exact) mass is 462 g/mol. The van der Waals surface area contributed by atoms with Crippen LogP contribution in [-0.2, 0) is 18.5 Å². The molecule has 3 aromatic rings. The Morgan fingerprint density at radius 3 is 1.94 bits per heavy atom. The number of methoxy groups -OCH3 is 2. The highest BCUT2D eigenvalue weighted by Crippen LogP contribution is 2.27. The van der Waals surface area contributed by atoms with Gasteiger partial charge in [-0.15, -0.1) is 0 Å². The molecule has 0 spiro atoms. The quantitative estimate of drug-likeness (QED) is 0.395. The van der Waals surface area contributed by atoms with Crippen LogP contribution in [0.3, 0.4) is 0 Å². The fourth-order valence-electron chi connectivity index (χ4n) is 3.58. The highest BCUT2D eigenvalue weighted by atomic mass is 32.1. The van der Waals surface area contributed by atoms with E-state index >= 15 is 0 Å². The number of hydrogen-bond donors (Lipinski definition) is 1. The van der Waals surface area contributed by atoms with Gasteiger partial charge in [0.2, 0.25) is 0 Å². The van der Waals surface area contributed by atoms with E-state index in [0.717, 1.165) is 28.3 Å². The molecule has 1 N–H and O–H groups in total. The zero-order valence-corrected chi connectivity index (χ0v) is 21.3. The number of thiocarbonyl (C=S) groups is 1. The van der Waals surface area contributed by atoms with Crippen molar-refractivity contribution >= 4 is 23.0 Å². The molecule has 0 bridgehead atoms. The largest absolute Gasteiger partial charge is 0.497 e. The van der Waals surface area contributed by atoms with Crippen molar-refractivity contribution in [3.63, 3.8) is 0 Å². The van der Waals surface area contributed by atoms with E-state index in [4.69, 9.17) is 21.7 Å². The number of rotatable bonds is 7. The molecular formula is C28H34N2O2S. The molecule has 0 saturated heterocycles. The summed E-state index contributed by atoms with van der Waals surface area (Å²) in [7, 11) is 3.35.